The summed E-state index contributed by atoms with van der Waals surface area (Å²) in [6.07, 6.45) is 0. The fraction of sp³-hybridized carbons (Fsp3) is 0.0833. The molecule has 18 heavy (non-hydrogen) atoms. The number of aromatic carboxylic acids is 1. The van der Waals surface area contributed by atoms with E-state index in [1.54, 1.807) is 24.3 Å². The summed E-state index contributed by atoms with van der Waals surface area (Å²) in [4.78, 5) is 11.0. The molecule has 0 atom stereocenters. The molecule has 0 spiro atoms. The summed E-state index contributed by atoms with van der Waals surface area (Å²) in [7, 11) is 1.48. The molecule has 2 aromatic rings. The maximum absolute atomic E-state index is 11.4. The molecule has 94 valence electrons. The van der Waals surface area contributed by atoms with E-state index in [4.69, 9.17) is 9.84 Å². The van der Waals surface area contributed by atoms with E-state index in [1.165, 1.54) is 13.2 Å². The highest BCUT2D eigenvalue weighted by Gasteiger charge is 2.18. The lowest BCUT2D eigenvalue weighted by Gasteiger charge is -2.07. The van der Waals surface area contributed by atoms with Gasteiger partial charge in [-0.15, -0.1) is 0 Å². The van der Waals surface area contributed by atoms with Crippen LogP contribution in [0.3, 0.4) is 0 Å². The van der Waals surface area contributed by atoms with E-state index in [0.29, 0.717) is 16.5 Å². The zero-order valence-electron chi connectivity index (χ0n) is 9.34. The van der Waals surface area contributed by atoms with Gasteiger partial charge in [0.2, 0.25) is 0 Å². The number of benzene rings is 2. The highest BCUT2D eigenvalue weighted by Crippen LogP contribution is 2.34. The van der Waals surface area contributed by atoms with Gasteiger partial charge in [-0.1, -0.05) is 12.1 Å². The van der Waals surface area contributed by atoms with Crippen molar-refractivity contribution in [1.82, 2.24) is 0 Å². The molecular weight excluding hydrogens is 351 g/mol. The van der Waals surface area contributed by atoms with Crippen molar-refractivity contribution in [3.05, 3.63) is 39.5 Å². The fourth-order valence-electron chi connectivity index (χ4n) is 1.80. The van der Waals surface area contributed by atoms with E-state index in [1.807, 2.05) is 0 Å². The Kier molecular flexibility index (Phi) is 3.46. The van der Waals surface area contributed by atoms with Gasteiger partial charge in [0.05, 0.1) is 16.2 Å². The lowest BCUT2D eigenvalue weighted by Crippen LogP contribution is -2.01. The Hall–Kier alpha value is -1.70. The maximum atomic E-state index is 11.4. The smallest absolute Gasteiger partial charge is 0.342 e. The van der Waals surface area contributed by atoms with E-state index in [0.717, 1.165) is 0 Å². The molecule has 2 aromatic carbocycles. The van der Waals surface area contributed by atoms with Crippen molar-refractivity contribution in [2.75, 3.05) is 7.11 Å². The highest BCUT2D eigenvalue weighted by molar-refractivity contribution is 14.2. The van der Waals surface area contributed by atoms with Crippen LogP contribution in [0.4, 0.5) is 0 Å². The number of carboxylic acid groups (broad SMARTS) is 1. The van der Waals surface area contributed by atoms with Crippen LogP contribution in [0.1, 0.15) is 10.4 Å². The van der Waals surface area contributed by atoms with Gasteiger partial charge in [-0.05, 0) is 18.2 Å². The van der Waals surface area contributed by atoms with Crippen molar-refractivity contribution in [3.63, 3.8) is 0 Å². The second kappa shape index (κ2) is 4.89. The van der Waals surface area contributed by atoms with Crippen molar-refractivity contribution < 1.29 is 20.8 Å². The lowest BCUT2D eigenvalue weighted by atomic mass is 10.1. The van der Waals surface area contributed by atoms with Gasteiger partial charge in [0.1, 0.15) is 5.75 Å². The Morgan fingerprint density at radius 3 is 2.44 bits per heavy atom. The van der Waals surface area contributed by atoms with E-state index in [9.17, 15) is 10.9 Å². The van der Waals surface area contributed by atoms with Crippen molar-refractivity contribution >= 4 is 36.5 Å². The molecule has 0 aliphatic heterocycles. The Labute approximate surface area is 110 Å². The first-order valence-electron chi connectivity index (χ1n) is 4.94. The van der Waals surface area contributed by atoms with Crippen LogP contribution in [0, 0.1) is 3.57 Å². The van der Waals surface area contributed by atoms with Crippen molar-refractivity contribution in [3.8, 4) is 5.75 Å². The molecule has 1 N–H and O–H groups in total. The van der Waals surface area contributed by atoms with E-state index < -0.39 is 25.8 Å². The van der Waals surface area contributed by atoms with Crippen LogP contribution < -0.4 is 4.74 Å². The molecule has 0 aromatic heterocycles. The Balaban J connectivity index is 2.96. The molecule has 6 heteroatoms. The topological polar surface area (TPSA) is 80.7 Å². The fourth-order valence-corrected chi connectivity index (χ4v) is 3.63. The molecule has 0 saturated heterocycles. The molecule has 0 heterocycles. The molecule has 2 rings (SSSR count). The number of rotatable bonds is 3. The summed E-state index contributed by atoms with van der Waals surface area (Å²) in [6.45, 7) is 0. The summed E-state index contributed by atoms with van der Waals surface area (Å²) in [6, 6.07) is 7.76. The van der Waals surface area contributed by atoms with Crippen molar-refractivity contribution in [2.45, 2.75) is 0 Å². The van der Waals surface area contributed by atoms with Crippen LogP contribution >= 0.6 is 19.8 Å². The average molecular weight is 360 g/mol. The zero-order chi connectivity index (χ0) is 13.3. The van der Waals surface area contributed by atoms with Crippen LogP contribution in [-0.4, -0.2) is 18.2 Å². The second-order valence-electron chi connectivity index (χ2n) is 3.50. The minimum Gasteiger partial charge on any atom is -0.496 e. The van der Waals surface area contributed by atoms with Crippen LogP contribution in [0.5, 0.6) is 5.75 Å². The van der Waals surface area contributed by atoms with Crippen LogP contribution in [0.15, 0.2) is 30.3 Å². The minimum absolute atomic E-state index is 0.0944. The molecular formula is C12H9IO5. The minimum atomic E-state index is -3.92. The third-order valence-electron chi connectivity index (χ3n) is 2.56. The van der Waals surface area contributed by atoms with Gasteiger partial charge in [0.25, 0.3) is 0 Å². The Morgan fingerprint density at radius 1 is 1.17 bits per heavy atom. The standard InChI is InChI=1S/C12H9IO5/c1-18-10-4-2-3-8-7(10)5-6-9(12(14)15)11(8)13(16)17/h2-6H,1H3,(H,14,15). The number of ether oxygens (including phenoxy) is 1. The van der Waals surface area contributed by atoms with Crippen LogP contribution in [0.2, 0.25) is 0 Å². The normalized spacial score (nSPS) is 10.8. The molecule has 0 fully saturated rings. The van der Waals surface area contributed by atoms with Crippen molar-refractivity contribution in [2.24, 2.45) is 0 Å². The lowest BCUT2D eigenvalue weighted by molar-refractivity contribution is 0.0696. The predicted molar refractivity (Wildman–Crippen MR) is 71.5 cm³/mol. The van der Waals surface area contributed by atoms with Gasteiger partial charge < -0.3 is 9.84 Å². The summed E-state index contributed by atoms with van der Waals surface area (Å²) in [5.74, 6) is -0.730. The number of fused-ring (bicyclic) bond motifs is 1. The van der Waals surface area contributed by atoms with Crippen LogP contribution in [0.25, 0.3) is 10.8 Å². The molecule has 0 radical (unpaired) electrons. The maximum Gasteiger partial charge on any atom is 0.342 e. The number of hydrogen-bond donors (Lipinski definition) is 1. The van der Waals surface area contributed by atoms with Gasteiger partial charge in [0.15, 0.2) is 0 Å². The second-order valence-corrected chi connectivity index (χ2v) is 5.82. The Morgan fingerprint density at radius 2 is 1.89 bits per heavy atom. The molecule has 0 aliphatic rings. The number of carboxylic acids is 1. The third kappa shape index (κ3) is 2.03. The third-order valence-corrected chi connectivity index (χ3v) is 4.60. The zero-order valence-corrected chi connectivity index (χ0v) is 11.5. The molecule has 0 bridgehead atoms. The number of hydrogen-bond acceptors (Lipinski definition) is 4. The largest absolute Gasteiger partial charge is 0.496 e. The Bertz CT molecular complexity index is 695. The first-order chi connectivity index (χ1) is 8.56. The number of methoxy groups -OCH3 is 1. The average Bonchev–Trinajstić information content (AvgIpc) is 2.35. The molecule has 5 nitrogen and oxygen atoms in total. The number of carbonyl (C=O) groups is 1. The van der Waals surface area contributed by atoms with Gasteiger partial charge in [-0.25, -0.2) is 10.9 Å². The summed E-state index contributed by atoms with van der Waals surface area (Å²) in [5, 5.41) is 10.0. The SMILES string of the molecule is COc1cccc2c(I(=O)=O)c(C(=O)O)ccc12. The molecule has 0 aliphatic carbocycles. The first kappa shape index (κ1) is 12.7. The van der Waals surface area contributed by atoms with E-state index >= 15 is 0 Å². The van der Waals surface area contributed by atoms with Crippen molar-refractivity contribution in [1.29, 1.82) is 0 Å². The number of halogens is 1. The summed E-state index contributed by atoms with van der Waals surface area (Å²) < 4.78 is 27.8. The van der Waals surface area contributed by atoms with E-state index in [-0.39, 0.29) is 9.13 Å². The highest BCUT2D eigenvalue weighted by atomic mass is 127. The quantitative estimate of drug-likeness (QED) is 0.852. The molecule has 0 amide bonds. The van der Waals surface area contributed by atoms with Gasteiger partial charge in [-0.2, -0.15) is 0 Å². The first-order valence-corrected chi connectivity index (χ1v) is 7.78. The van der Waals surface area contributed by atoms with Crippen LogP contribution in [-0.2, 0) is 6.14 Å². The van der Waals surface area contributed by atoms with Gasteiger partial charge >= 0.3 is 25.8 Å². The monoisotopic (exact) mass is 360 g/mol. The van der Waals surface area contributed by atoms with E-state index in [2.05, 4.69) is 0 Å². The predicted octanol–water partition coefficient (Wildman–Crippen LogP) is 2.91. The molecule has 0 saturated carbocycles. The summed E-state index contributed by atoms with van der Waals surface area (Å²) >= 11 is -3.92. The summed E-state index contributed by atoms with van der Waals surface area (Å²) in [5.41, 5.74) is -0.189. The van der Waals surface area contributed by atoms with Gasteiger partial charge in [-0.3, -0.25) is 0 Å². The van der Waals surface area contributed by atoms with Gasteiger partial charge in [0, 0.05) is 10.8 Å². The molecule has 0 unspecified atom stereocenters.